The van der Waals surface area contributed by atoms with Crippen LogP contribution in [0.15, 0.2) is 139 Å². The molecule has 0 heterocycles. The third-order valence-corrected chi connectivity index (χ3v) is 8.96. The number of aromatic carboxylic acids is 2. The molecule has 6 rings (SSSR count). The molecule has 0 unspecified atom stereocenters. The zero-order chi connectivity index (χ0) is 37.8. The van der Waals surface area contributed by atoms with Crippen molar-refractivity contribution in [2.24, 2.45) is 20.5 Å². The summed E-state index contributed by atoms with van der Waals surface area (Å²) in [6, 6.07) is 25.6. The van der Waals surface area contributed by atoms with E-state index in [1.54, 1.807) is 48.5 Å². The van der Waals surface area contributed by atoms with Crippen molar-refractivity contribution in [3.8, 4) is 11.5 Å². The van der Waals surface area contributed by atoms with Gasteiger partial charge in [-0.2, -0.15) is 32.2 Å². The van der Waals surface area contributed by atoms with Gasteiger partial charge in [0.05, 0.1) is 32.8 Å². The molecule has 0 saturated carbocycles. The van der Waals surface area contributed by atoms with Crippen LogP contribution in [0.1, 0.15) is 20.7 Å². The number of azo groups is 2. The van der Waals surface area contributed by atoms with Gasteiger partial charge in [0.2, 0.25) is 0 Å². The van der Waals surface area contributed by atoms with E-state index in [0.717, 1.165) is 24.3 Å². The van der Waals surface area contributed by atoms with Gasteiger partial charge >= 0.3 is 23.0 Å². The van der Waals surface area contributed by atoms with Crippen LogP contribution in [-0.2, 0) is 37.3 Å². The summed E-state index contributed by atoms with van der Waals surface area (Å²) in [4.78, 5) is 21.9. The fraction of sp³-hybridized carbons (Fsp3) is 0. The van der Waals surface area contributed by atoms with Crippen molar-refractivity contribution in [2.45, 2.75) is 9.79 Å². The first kappa shape index (κ1) is 39.7. The molecule has 1 radical (unpaired) electrons. The van der Waals surface area contributed by atoms with Gasteiger partial charge in [0.25, 0.3) is 20.2 Å². The van der Waals surface area contributed by atoms with Crippen molar-refractivity contribution in [3.63, 3.8) is 0 Å². The smallest absolute Gasteiger partial charge is 0.871 e. The van der Waals surface area contributed by atoms with Crippen LogP contribution in [0.2, 0.25) is 0 Å². The molecule has 6 aromatic rings. The van der Waals surface area contributed by atoms with Crippen molar-refractivity contribution in [1.82, 2.24) is 0 Å². The second-order valence-electron chi connectivity index (χ2n) is 10.6. The van der Waals surface area contributed by atoms with Crippen molar-refractivity contribution < 1.29 is 73.0 Å². The van der Waals surface area contributed by atoms with Gasteiger partial charge in [-0.05, 0) is 77.0 Å². The molecular weight excluding hydrogens is 775 g/mol. The third-order valence-electron chi connectivity index (χ3n) is 7.22. The minimum absolute atomic E-state index is 0. The Morgan fingerprint density at radius 3 is 1.40 bits per heavy atom. The fourth-order valence-corrected chi connectivity index (χ4v) is 5.69. The summed E-state index contributed by atoms with van der Waals surface area (Å²) in [5, 5.41) is 60.5. The number of rotatable bonds is 8. The largest absolute Gasteiger partial charge is 2.00 e. The molecule has 4 N–H and O–H groups in total. The number of hydrogen-bond acceptors (Lipinski definition) is 13. The topological polar surface area (TPSA) is 279 Å². The molecule has 0 amide bonds. The zero-order valence-electron chi connectivity index (χ0n) is 26.4. The normalized spacial score (nSPS) is 11.7. The van der Waals surface area contributed by atoms with Gasteiger partial charge in [-0.25, -0.2) is 4.79 Å². The molecule has 0 atom stereocenters. The number of benzene rings is 6. The fourth-order valence-electron chi connectivity index (χ4n) is 4.73. The first-order chi connectivity index (χ1) is 24.5. The van der Waals surface area contributed by atoms with E-state index in [2.05, 4.69) is 20.5 Å². The van der Waals surface area contributed by atoms with Gasteiger partial charge < -0.3 is 25.2 Å². The number of aromatic hydroxyl groups is 1. The summed E-state index contributed by atoms with van der Waals surface area (Å²) in [6.07, 6.45) is 0. The summed E-state index contributed by atoms with van der Waals surface area (Å²) in [7, 11) is -8.65. The standard InChI is InChI=1S/2C17H12N2O6S.Mn/c2*20-16-14(17(21)22)9-10-3-1-2-4-13(10)15(16)19-18-11-5-7-12(8-6-11)26(23,24)25;/h2*1-9,20H,(H,21,22)(H,23,24,25);/q;;+2/p-2. The quantitative estimate of drug-likeness (QED) is 0.0803. The van der Waals surface area contributed by atoms with Crippen LogP contribution >= 0.6 is 0 Å². The van der Waals surface area contributed by atoms with E-state index in [-0.39, 0.29) is 55.2 Å². The molecule has 269 valence electrons. The molecule has 53 heavy (non-hydrogen) atoms. The van der Waals surface area contributed by atoms with Gasteiger partial charge in [-0.3, -0.25) is 9.11 Å². The predicted molar refractivity (Wildman–Crippen MR) is 181 cm³/mol. The Balaban J connectivity index is 0.000000232. The third kappa shape index (κ3) is 9.24. The number of fused-ring (bicyclic) bond motifs is 2. The van der Waals surface area contributed by atoms with Crippen LogP contribution in [0.3, 0.4) is 0 Å². The van der Waals surface area contributed by atoms with E-state index >= 15 is 0 Å². The zero-order valence-corrected chi connectivity index (χ0v) is 29.2. The van der Waals surface area contributed by atoms with Gasteiger partial charge in [0, 0.05) is 10.8 Å². The summed E-state index contributed by atoms with van der Waals surface area (Å²) in [5.41, 5.74) is -0.555. The predicted octanol–water partition coefficient (Wildman–Crippen LogP) is 5.84. The molecular formula is C34H22MnN4O12S2. The van der Waals surface area contributed by atoms with Crippen LogP contribution in [0, 0.1) is 0 Å². The Labute approximate surface area is 310 Å². The molecule has 0 aliphatic heterocycles. The Morgan fingerprint density at radius 2 is 0.981 bits per heavy atom. The van der Waals surface area contributed by atoms with Crippen molar-refractivity contribution >= 4 is 76.5 Å². The number of carbonyl (C=O) groups excluding carboxylic acids is 1. The van der Waals surface area contributed by atoms with Gasteiger partial charge in [0.1, 0.15) is 11.3 Å². The molecule has 0 spiro atoms. The Morgan fingerprint density at radius 1 is 0.585 bits per heavy atom. The first-order valence-corrected chi connectivity index (χ1v) is 17.3. The van der Waals surface area contributed by atoms with Gasteiger partial charge in [-0.15, -0.1) is 5.11 Å². The molecule has 0 aromatic heterocycles. The van der Waals surface area contributed by atoms with E-state index < -0.39 is 49.2 Å². The maximum Gasteiger partial charge on any atom is 2.00 e. The van der Waals surface area contributed by atoms with E-state index in [1.807, 2.05) is 0 Å². The molecule has 16 nitrogen and oxygen atoms in total. The van der Waals surface area contributed by atoms with E-state index in [9.17, 15) is 46.9 Å². The Hall–Kier alpha value is -6.08. The average molecular weight is 798 g/mol. The van der Waals surface area contributed by atoms with Crippen LogP contribution in [-0.4, -0.2) is 48.1 Å². The number of hydrogen-bond donors (Lipinski definition) is 4. The summed E-state index contributed by atoms with van der Waals surface area (Å²) < 4.78 is 62.0. The van der Waals surface area contributed by atoms with Crippen LogP contribution in [0.4, 0.5) is 22.7 Å². The number of carboxylic acids is 2. The van der Waals surface area contributed by atoms with Crippen molar-refractivity contribution in [2.75, 3.05) is 0 Å². The SMILES string of the molecule is O=C(O)c1cc2ccccc2c(N=Nc2ccc(S(=O)(=O)O)cc2)c1O.O=C([O-])c1cc2ccccc2c(N=Nc2ccc(S(=O)(=O)O)cc2)c1[O-].[Mn+2]. The van der Waals surface area contributed by atoms with Crippen LogP contribution in [0.25, 0.3) is 21.5 Å². The first-order valence-electron chi connectivity index (χ1n) is 14.5. The minimum atomic E-state index is -4.33. The number of carbonyl (C=O) groups is 2. The maximum atomic E-state index is 12.3. The molecule has 19 heteroatoms. The van der Waals surface area contributed by atoms with E-state index in [0.29, 0.717) is 21.5 Å². The molecule has 0 bridgehead atoms. The Kier molecular flexibility index (Phi) is 12.0. The second-order valence-corrected chi connectivity index (χ2v) is 13.4. The maximum absolute atomic E-state index is 12.3. The van der Waals surface area contributed by atoms with Gasteiger partial charge in [-0.1, -0.05) is 54.3 Å². The van der Waals surface area contributed by atoms with E-state index in [4.69, 9.17) is 9.11 Å². The van der Waals surface area contributed by atoms with Crippen LogP contribution < -0.4 is 10.2 Å². The van der Waals surface area contributed by atoms with Crippen molar-refractivity contribution in [1.29, 1.82) is 0 Å². The number of carboxylic acid groups (broad SMARTS) is 2. The van der Waals surface area contributed by atoms with E-state index in [1.165, 1.54) is 36.4 Å². The molecule has 0 aliphatic carbocycles. The summed E-state index contributed by atoms with van der Waals surface area (Å²) >= 11 is 0. The molecule has 0 fully saturated rings. The second kappa shape index (κ2) is 16.1. The molecule has 0 aliphatic rings. The molecule has 0 saturated heterocycles. The van der Waals surface area contributed by atoms with Crippen molar-refractivity contribution in [3.05, 3.63) is 120 Å². The average Bonchev–Trinajstić information content (AvgIpc) is 3.10. The molecule has 6 aromatic carbocycles. The van der Waals surface area contributed by atoms with Gasteiger partial charge in [0.15, 0.2) is 5.75 Å². The van der Waals surface area contributed by atoms with Crippen LogP contribution in [0.5, 0.6) is 11.5 Å². The summed E-state index contributed by atoms with van der Waals surface area (Å²) in [6.45, 7) is 0. The number of nitrogens with zero attached hydrogens (tertiary/aromatic N) is 4. The number of phenols is 1. The minimum Gasteiger partial charge on any atom is -0.871 e. The summed E-state index contributed by atoms with van der Waals surface area (Å²) in [5.74, 6) is -4.27. The monoisotopic (exact) mass is 797 g/mol. The Bertz CT molecular complexity index is 2470.